The molecule has 0 unspecified atom stereocenters. The summed E-state index contributed by atoms with van der Waals surface area (Å²) >= 11 is 5.57. The average molecular weight is 309 g/mol. The first-order chi connectivity index (χ1) is 9.97. The lowest BCUT2D eigenvalue weighted by Gasteiger charge is -2.08. The maximum atomic E-state index is 13.4. The molecule has 4 nitrogen and oxygen atoms in total. The topological polar surface area (TPSA) is 55.2 Å². The molecule has 1 N–H and O–H groups in total. The molecule has 0 spiro atoms. The van der Waals surface area contributed by atoms with Crippen LogP contribution in [-0.2, 0) is 6.42 Å². The van der Waals surface area contributed by atoms with Crippen molar-refractivity contribution >= 4 is 23.0 Å². The second-order valence-electron chi connectivity index (χ2n) is 4.71. The summed E-state index contributed by atoms with van der Waals surface area (Å²) < 4.78 is 13.4. The SMILES string of the molecule is Cc1cccc(CCNc2cc(F)c(Cl)cc2[N+](=O)[O-])c1. The summed E-state index contributed by atoms with van der Waals surface area (Å²) in [6.45, 7) is 2.46. The van der Waals surface area contributed by atoms with Crippen molar-refractivity contribution in [2.45, 2.75) is 13.3 Å². The Bertz CT molecular complexity index is 677. The lowest BCUT2D eigenvalue weighted by molar-refractivity contribution is -0.384. The van der Waals surface area contributed by atoms with E-state index in [0.717, 1.165) is 23.3 Å². The van der Waals surface area contributed by atoms with Crippen molar-refractivity contribution in [3.8, 4) is 0 Å². The van der Waals surface area contributed by atoms with Gasteiger partial charge >= 0.3 is 0 Å². The molecular weight excluding hydrogens is 295 g/mol. The number of anilines is 1. The molecule has 0 aromatic heterocycles. The predicted octanol–water partition coefficient (Wildman–Crippen LogP) is 4.35. The second-order valence-corrected chi connectivity index (χ2v) is 5.11. The molecule has 2 rings (SSSR count). The fourth-order valence-electron chi connectivity index (χ4n) is 2.04. The zero-order chi connectivity index (χ0) is 15.4. The van der Waals surface area contributed by atoms with Crippen LogP contribution in [0.2, 0.25) is 5.02 Å². The van der Waals surface area contributed by atoms with Crippen molar-refractivity contribution in [1.82, 2.24) is 0 Å². The van der Waals surface area contributed by atoms with E-state index in [4.69, 9.17) is 11.6 Å². The first-order valence-electron chi connectivity index (χ1n) is 6.40. The van der Waals surface area contributed by atoms with Crippen molar-refractivity contribution in [3.05, 3.63) is 68.5 Å². The van der Waals surface area contributed by atoms with Gasteiger partial charge in [0, 0.05) is 18.7 Å². The minimum atomic E-state index is -0.680. The van der Waals surface area contributed by atoms with Gasteiger partial charge in [0.15, 0.2) is 0 Å². The number of rotatable bonds is 5. The van der Waals surface area contributed by atoms with E-state index in [1.165, 1.54) is 0 Å². The number of benzene rings is 2. The fourth-order valence-corrected chi connectivity index (χ4v) is 2.20. The summed E-state index contributed by atoms with van der Waals surface area (Å²) in [4.78, 5) is 10.4. The largest absolute Gasteiger partial charge is 0.379 e. The van der Waals surface area contributed by atoms with Gasteiger partial charge in [-0.05, 0) is 18.9 Å². The van der Waals surface area contributed by atoms with E-state index in [1.54, 1.807) is 0 Å². The molecule has 0 aliphatic rings. The number of halogens is 2. The van der Waals surface area contributed by atoms with E-state index in [9.17, 15) is 14.5 Å². The Morgan fingerprint density at radius 2 is 2.10 bits per heavy atom. The summed E-state index contributed by atoms with van der Waals surface area (Å²) in [5.74, 6) is -0.680. The normalized spacial score (nSPS) is 10.4. The smallest absolute Gasteiger partial charge is 0.294 e. The Balaban J connectivity index is 2.09. The second kappa shape index (κ2) is 6.54. The van der Waals surface area contributed by atoms with Gasteiger partial charge in [-0.25, -0.2) is 4.39 Å². The summed E-state index contributed by atoms with van der Waals surface area (Å²) in [6, 6.07) is 10.0. The maximum absolute atomic E-state index is 13.4. The summed E-state index contributed by atoms with van der Waals surface area (Å²) in [7, 11) is 0. The fraction of sp³-hybridized carbons (Fsp3) is 0.200. The van der Waals surface area contributed by atoms with E-state index < -0.39 is 10.7 Å². The van der Waals surface area contributed by atoms with E-state index in [-0.39, 0.29) is 16.4 Å². The van der Waals surface area contributed by atoms with Crippen LogP contribution in [-0.4, -0.2) is 11.5 Å². The summed E-state index contributed by atoms with van der Waals surface area (Å²) in [6.07, 6.45) is 0.684. The number of aryl methyl sites for hydroxylation is 1. The standard InChI is InChI=1S/C15H14ClFN2O2/c1-10-3-2-4-11(7-10)5-6-18-14-9-13(17)12(16)8-15(14)19(20)21/h2-4,7-9,18H,5-6H2,1H3. The van der Waals surface area contributed by atoms with Crippen LogP contribution >= 0.6 is 11.6 Å². The van der Waals surface area contributed by atoms with Crippen molar-refractivity contribution < 1.29 is 9.31 Å². The highest BCUT2D eigenvalue weighted by molar-refractivity contribution is 6.31. The molecule has 0 aliphatic heterocycles. The minimum Gasteiger partial charge on any atom is -0.379 e. The first-order valence-corrected chi connectivity index (χ1v) is 6.78. The molecule has 0 amide bonds. The Morgan fingerprint density at radius 1 is 1.33 bits per heavy atom. The van der Waals surface area contributed by atoms with Gasteiger partial charge in [0.1, 0.15) is 11.5 Å². The number of nitrogens with zero attached hydrogens (tertiary/aromatic N) is 1. The van der Waals surface area contributed by atoms with Crippen LogP contribution in [0, 0.1) is 22.9 Å². The van der Waals surface area contributed by atoms with Crippen LogP contribution in [0.25, 0.3) is 0 Å². The average Bonchev–Trinajstić information content (AvgIpc) is 2.42. The Morgan fingerprint density at radius 3 is 2.76 bits per heavy atom. The Labute approximate surface area is 126 Å². The molecule has 2 aromatic rings. The van der Waals surface area contributed by atoms with Crippen LogP contribution in [0.1, 0.15) is 11.1 Å². The van der Waals surface area contributed by atoms with E-state index >= 15 is 0 Å². The van der Waals surface area contributed by atoms with Gasteiger partial charge in [-0.1, -0.05) is 41.4 Å². The number of nitro groups is 1. The van der Waals surface area contributed by atoms with Gasteiger partial charge in [-0.15, -0.1) is 0 Å². The van der Waals surface area contributed by atoms with E-state index in [0.29, 0.717) is 13.0 Å². The van der Waals surface area contributed by atoms with Gasteiger partial charge in [0.25, 0.3) is 5.69 Å². The molecule has 0 atom stereocenters. The van der Waals surface area contributed by atoms with E-state index in [1.807, 2.05) is 31.2 Å². The molecule has 6 heteroatoms. The van der Waals surface area contributed by atoms with Gasteiger partial charge in [0.2, 0.25) is 0 Å². The molecular formula is C15H14ClFN2O2. The van der Waals surface area contributed by atoms with Crippen LogP contribution in [0.5, 0.6) is 0 Å². The predicted molar refractivity (Wildman–Crippen MR) is 81.4 cm³/mol. The van der Waals surface area contributed by atoms with Gasteiger partial charge in [0.05, 0.1) is 9.95 Å². The van der Waals surface area contributed by atoms with Crippen molar-refractivity contribution in [1.29, 1.82) is 0 Å². The molecule has 0 radical (unpaired) electrons. The van der Waals surface area contributed by atoms with Gasteiger partial charge in [-0.3, -0.25) is 10.1 Å². The van der Waals surface area contributed by atoms with Crippen LogP contribution in [0.4, 0.5) is 15.8 Å². The van der Waals surface area contributed by atoms with Gasteiger partial charge in [-0.2, -0.15) is 0 Å². The lowest BCUT2D eigenvalue weighted by atomic mass is 10.1. The highest BCUT2D eigenvalue weighted by Gasteiger charge is 2.17. The molecule has 0 aliphatic carbocycles. The van der Waals surface area contributed by atoms with Crippen molar-refractivity contribution in [2.24, 2.45) is 0 Å². The monoisotopic (exact) mass is 308 g/mol. The van der Waals surface area contributed by atoms with Gasteiger partial charge < -0.3 is 5.32 Å². The third-order valence-corrected chi connectivity index (χ3v) is 3.34. The Hall–Kier alpha value is -2.14. The zero-order valence-corrected chi connectivity index (χ0v) is 12.2. The first kappa shape index (κ1) is 15.3. The molecule has 0 heterocycles. The molecule has 0 bridgehead atoms. The lowest BCUT2D eigenvalue weighted by Crippen LogP contribution is -2.07. The maximum Gasteiger partial charge on any atom is 0.294 e. The summed E-state index contributed by atoms with van der Waals surface area (Å²) in [5.41, 5.74) is 2.16. The van der Waals surface area contributed by atoms with E-state index in [2.05, 4.69) is 5.32 Å². The molecule has 0 saturated carbocycles. The highest BCUT2D eigenvalue weighted by atomic mass is 35.5. The summed E-state index contributed by atoms with van der Waals surface area (Å²) in [5, 5.41) is 13.6. The number of nitro benzene ring substituents is 1. The number of hydrogen-bond donors (Lipinski definition) is 1. The number of nitrogens with one attached hydrogen (secondary N) is 1. The minimum absolute atomic E-state index is 0.134. The van der Waals surface area contributed by atoms with Crippen LogP contribution in [0.15, 0.2) is 36.4 Å². The highest BCUT2D eigenvalue weighted by Crippen LogP contribution is 2.30. The molecule has 0 fully saturated rings. The van der Waals surface area contributed by atoms with Crippen molar-refractivity contribution in [2.75, 3.05) is 11.9 Å². The quantitative estimate of drug-likeness (QED) is 0.660. The zero-order valence-electron chi connectivity index (χ0n) is 11.4. The van der Waals surface area contributed by atoms with Crippen molar-refractivity contribution in [3.63, 3.8) is 0 Å². The van der Waals surface area contributed by atoms with Crippen LogP contribution < -0.4 is 5.32 Å². The molecule has 21 heavy (non-hydrogen) atoms. The number of hydrogen-bond acceptors (Lipinski definition) is 3. The third kappa shape index (κ3) is 3.92. The molecule has 0 saturated heterocycles. The Kier molecular flexibility index (Phi) is 4.75. The van der Waals surface area contributed by atoms with Crippen LogP contribution in [0.3, 0.4) is 0 Å². The molecule has 2 aromatic carbocycles. The third-order valence-electron chi connectivity index (χ3n) is 3.05. The molecule has 110 valence electrons.